The van der Waals surface area contributed by atoms with Gasteiger partial charge in [0.1, 0.15) is 0 Å². The van der Waals surface area contributed by atoms with E-state index in [0.717, 1.165) is 10.0 Å². The Hall–Kier alpha value is -2.60. The van der Waals surface area contributed by atoms with E-state index in [4.69, 9.17) is 10.0 Å². The Morgan fingerprint density at radius 3 is 2.04 bits per heavy atom. The van der Waals surface area contributed by atoms with E-state index in [1.165, 1.54) is 12.1 Å². The fourth-order valence-corrected chi connectivity index (χ4v) is 3.10. The lowest BCUT2D eigenvalue weighted by atomic mass is 9.80. The fourth-order valence-electron chi connectivity index (χ4n) is 2.83. The predicted molar refractivity (Wildman–Crippen MR) is 110 cm³/mol. The standard InChI is InChI=1S/C20H18BBrN2O4/c22-18-8-1-15(2-9-18)3-10-19(25)23-11-13-24(14-12-23)20(26)16-4-6-17(7-5-16)21(27)28/h1-2,4-9,27-28H,11-14H2. The topological polar surface area (TPSA) is 81.1 Å². The van der Waals surface area contributed by atoms with Crippen molar-refractivity contribution < 1.29 is 19.6 Å². The highest BCUT2D eigenvalue weighted by molar-refractivity contribution is 9.10. The highest BCUT2D eigenvalue weighted by Crippen LogP contribution is 2.10. The van der Waals surface area contributed by atoms with Crippen LogP contribution in [0.25, 0.3) is 0 Å². The molecule has 2 N–H and O–H groups in total. The van der Waals surface area contributed by atoms with E-state index in [1.807, 2.05) is 24.3 Å². The van der Waals surface area contributed by atoms with Crippen LogP contribution < -0.4 is 5.46 Å². The molecule has 0 aromatic heterocycles. The molecule has 0 atom stereocenters. The first kappa shape index (κ1) is 20.1. The van der Waals surface area contributed by atoms with Gasteiger partial charge in [0, 0.05) is 47.7 Å². The average Bonchev–Trinajstić information content (AvgIpc) is 2.73. The fraction of sp³-hybridized carbons (Fsp3) is 0.200. The molecule has 1 heterocycles. The molecule has 8 heteroatoms. The third kappa shape index (κ3) is 5.01. The molecule has 0 spiro atoms. The molecule has 28 heavy (non-hydrogen) atoms. The minimum atomic E-state index is -1.56. The molecule has 6 nitrogen and oxygen atoms in total. The van der Waals surface area contributed by atoms with Crippen molar-refractivity contribution in [3.63, 3.8) is 0 Å². The first-order valence-electron chi connectivity index (χ1n) is 8.76. The van der Waals surface area contributed by atoms with E-state index < -0.39 is 7.12 Å². The lowest BCUT2D eigenvalue weighted by Gasteiger charge is -2.33. The van der Waals surface area contributed by atoms with Gasteiger partial charge in [-0.1, -0.05) is 34.0 Å². The zero-order chi connectivity index (χ0) is 20.1. The molecule has 3 rings (SSSR count). The van der Waals surface area contributed by atoms with Gasteiger partial charge < -0.3 is 19.8 Å². The van der Waals surface area contributed by atoms with Crippen molar-refractivity contribution in [1.82, 2.24) is 9.80 Å². The molecule has 1 aliphatic heterocycles. The first-order valence-corrected chi connectivity index (χ1v) is 9.55. The zero-order valence-corrected chi connectivity index (χ0v) is 16.6. The Kier molecular flexibility index (Phi) is 6.52. The van der Waals surface area contributed by atoms with Crippen molar-refractivity contribution in [3.8, 4) is 11.8 Å². The Labute approximate surface area is 172 Å². The minimum Gasteiger partial charge on any atom is -0.423 e. The Morgan fingerprint density at radius 2 is 1.46 bits per heavy atom. The first-order chi connectivity index (χ1) is 13.4. The van der Waals surface area contributed by atoms with Gasteiger partial charge in [-0.05, 0) is 41.9 Å². The van der Waals surface area contributed by atoms with E-state index in [2.05, 4.69) is 27.8 Å². The molecule has 142 valence electrons. The number of halogens is 1. The van der Waals surface area contributed by atoms with Crippen molar-refractivity contribution >= 4 is 40.3 Å². The highest BCUT2D eigenvalue weighted by atomic mass is 79.9. The summed E-state index contributed by atoms with van der Waals surface area (Å²) < 4.78 is 0.951. The van der Waals surface area contributed by atoms with Gasteiger partial charge in [-0.3, -0.25) is 9.59 Å². The number of benzene rings is 2. The molecule has 1 aliphatic rings. The van der Waals surface area contributed by atoms with Crippen molar-refractivity contribution in [2.24, 2.45) is 0 Å². The number of nitrogens with zero attached hydrogens (tertiary/aromatic N) is 2. The van der Waals surface area contributed by atoms with E-state index in [-0.39, 0.29) is 11.8 Å². The summed E-state index contributed by atoms with van der Waals surface area (Å²) in [5, 5.41) is 18.2. The van der Waals surface area contributed by atoms with E-state index in [1.54, 1.807) is 21.9 Å². The van der Waals surface area contributed by atoms with Crippen molar-refractivity contribution in [3.05, 3.63) is 64.1 Å². The quantitative estimate of drug-likeness (QED) is 0.525. The summed E-state index contributed by atoms with van der Waals surface area (Å²) in [6.45, 7) is 1.70. The van der Waals surface area contributed by atoms with E-state index in [9.17, 15) is 9.59 Å². The maximum absolute atomic E-state index is 12.6. The number of hydrogen-bond acceptors (Lipinski definition) is 4. The largest absolute Gasteiger partial charge is 0.488 e. The predicted octanol–water partition coefficient (Wildman–Crippen LogP) is 0.465. The van der Waals surface area contributed by atoms with Gasteiger partial charge in [0.2, 0.25) is 0 Å². The summed E-state index contributed by atoms with van der Waals surface area (Å²) in [4.78, 5) is 28.2. The van der Waals surface area contributed by atoms with Gasteiger partial charge in [0.05, 0.1) is 0 Å². The number of hydrogen-bond donors (Lipinski definition) is 2. The molecule has 0 bridgehead atoms. The highest BCUT2D eigenvalue weighted by Gasteiger charge is 2.24. The van der Waals surface area contributed by atoms with Crippen LogP contribution in [-0.4, -0.2) is 65.0 Å². The van der Waals surface area contributed by atoms with Gasteiger partial charge in [-0.2, -0.15) is 0 Å². The molecule has 0 aliphatic carbocycles. The normalized spacial score (nSPS) is 13.5. The molecule has 2 aromatic rings. The minimum absolute atomic E-state index is 0.146. The maximum atomic E-state index is 12.6. The molecule has 0 unspecified atom stereocenters. The number of rotatable bonds is 2. The average molecular weight is 441 g/mol. The molecular formula is C20H18BBrN2O4. The third-order valence-corrected chi connectivity index (χ3v) is 5.00. The second kappa shape index (κ2) is 9.06. The van der Waals surface area contributed by atoms with Gasteiger partial charge in [0.15, 0.2) is 0 Å². The number of amides is 2. The smallest absolute Gasteiger partial charge is 0.423 e. The van der Waals surface area contributed by atoms with Crippen LogP contribution in [0, 0.1) is 11.8 Å². The Balaban J connectivity index is 1.55. The van der Waals surface area contributed by atoms with Crippen LogP contribution in [0.15, 0.2) is 53.0 Å². The second-order valence-corrected chi connectivity index (χ2v) is 7.25. The van der Waals surface area contributed by atoms with Crippen molar-refractivity contribution in [2.75, 3.05) is 26.2 Å². The summed E-state index contributed by atoms with van der Waals surface area (Å²) in [5.74, 6) is 5.11. The van der Waals surface area contributed by atoms with Gasteiger partial charge in [-0.25, -0.2) is 0 Å². The van der Waals surface area contributed by atoms with Crippen LogP contribution in [0.1, 0.15) is 15.9 Å². The SMILES string of the molecule is O=C(C#Cc1ccc(Br)cc1)N1CCN(C(=O)c2ccc(B(O)O)cc2)CC1. The van der Waals surface area contributed by atoms with Gasteiger partial charge >= 0.3 is 7.12 Å². The van der Waals surface area contributed by atoms with Crippen LogP contribution >= 0.6 is 15.9 Å². The summed E-state index contributed by atoms with van der Waals surface area (Å²) in [5.41, 5.74) is 1.57. The summed E-state index contributed by atoms with van der Waals surface area (Å²) in [6.07, 6.45) is 0. The van der Waals surface area contributed by atoms with Crippen LogP contribution in [0.4, 0.5) is 0 Å². The monoisotopic (exact) mass is 440 g/mol. The molecule has 2 amide bonds. The van der Waals surface area contributed by atoms with Crippen molar-refractivity contribution in [2.45, 2.75) is 0 Å². The summed E-state index contributed by atoms with van der Waals surface area (Å²) in [6, 6.07) is 13.6. The van der Waals surface area contributed by atoms with Gasteiger partial charge in [0.25, 0.3) is 11.8 Å². The molecule has 1 saturated heterocycles. The van der Waals surface area contributed by atoms with Crippen molar-refractivity contribution in [1.29, 1.82) is 0 Å². The molecule has 2 aromatic carbocycles. The number of carbonyl (C=O) groups is 2. The molecule has 0 saturated carbocycles. The number of carbonyl (C=O) groups excluding carboxylic acids is 2. The lowest BCUT2D eigenvalue weighted by Crippen LogP contribution is -2.50. The van der Waals surface area contributed by atoms with Gasteiger partial charge in [-0.15, -0.1) is 0 Å². The second-order valence-electron chi connectivity index (χ2n) is 6.34. The Morgan fingerprint density at radius 1 is 0.893 bits per heavy atom. The summed E-state index contributed by atoms with van der Waals surface area (Å²) >= 11 is 3.35. The Bertz CT molecular complexity index is 912. The molecular weight excluding hydrogens is 423 g/mol. The summed E-state index contributed by atoms with van der Waals surface area (Å²) in [7, 11) is -1.56. The van der Waals surface area contributed by atoms with E-state index >= 15 is 0 Å². The lowest BCUT2D eigenvalue weighted by molar-refractivity contribution is -0.126. The van der Waals surface area contributed by atoms with Crippen LogP contribution in [0.3, 0.4) is 0 Å². The molecule has 0 radical (unpaired) electrons. The maximum Gasteiger partial charge on any atom is 0.488 e. The number of piperazine rings is 1. The zero-order valence-electron chi connectivity index (χ0n) is 15.0. The van der Waals surface area contributed by atoms with Crippen LogP contribution in [0.2, 0.25) is 0 Å². The van der Waals surface area contributed by atoms with E-state index in [0.29, 0.717) is 37.2 Å². The third-order valence-electron chi connectivity index (χ3n) is 4.47. The van der Waals surface area contributed by atoms with Crippen LogP contribution in [-0.2, 0) is 4.79 Å². The molecule has 1 fully saturated rings. The van der Waals surface area contributed by atoms with Crippen LogP contribution in [0.5, 0.6) is 0 Å².